The van der Waals surface area contributed by atoms with Gasteiger partial charge >= 0.3 is 0 Å². The van der Waals surface area contributed by atoms with Crippen molar-refractivity contribution in [3.63, 3.8) is 0 Å². The zero-order chi connectivity index (χ0) is 8.65. The third kappa shape index (κ3) is 2.06. The van der Waals surface area contributed by atoms with Gasteiger partial charge in [0.05, 0.1) is 8.07 Å². The average Bonchev–Trinajstić information content (AvgIpc) is 2.05. The Morgan fingerprint density at radius 1 is 1.36 bits per heavy atom. The minimum absolute atomic E-state index is 0.803. The third-order valence-electron chi connectivity index (χ3n) is 2.77. The molecular formula is C9H21NSi. The number of hydrogen-bond acceptors (Lipinski definition) is 1. The zero-order valence-corrected chi connectivity index (χ0v) is 9.52. The molecule has 0 N–H and O–H groups in total. The summed E-state index contributed by atoms with van der Waals surface area (Å²) >= 11 is 0. The highest BCUT2D eigenvalue weighted by molar-refractivity contribution is 6.78. The Morgan fingerprint density at radius 3 is 2.09 bits per heavy atom. The van der Waals surface area contributed by atoms with E-state index in [0.29, 0.717) is 0 Å². The molecule has 1 atom stereocenters. The molecular weight excluding hydrogens is 150 g/mol. The van der Waals surface area contributed by atoms with Gasteiger partial charge in [-0.05, 0) is 25.2 Å². The maximum absolute atomic E-state index is 2.57. The van der Waals surface area contributed by atoms with E-state index in [1.54, 1.807) is 0 Å². The maximum Gasteiger partial charge on any atom is 0.0645 e. The SMILES string of the molecule is CC(C)[C@@H]1C[Si](C)(C)CN1C. The monoisotopic (exact) mass is 171 g/mol. The normalized spacial score (nSPS) is 31.6. The van der Waals surface area contributed by atoms with Gasteiger partial charge in [-0.1, -0.05) is 26.9 Å². The molecule has 0 bridgehead atoms. The van der Waals surface area contributed by atoms with Crippen molar-refractivity contribution in [1.82, 2.24) is 4.90 Å². The molecule has 1 aliphatic rings. The molecule has 1 heterocycles. The van der Waals surface area contributed by atoms with E-state index in [9.17, 15) is 0 Å². The second-order valence-corrected chi connectivity index (χ2v) is 10.1. The second kappa shape index (κ2) is 2.90. The highest BCUT2D eigenvalue weighted by Gasteiger charge is 2.37. The summed E-state index contributed by atoms with van der Waals surface area (Å²) in [6.45, 7) is 9.70. The Labute approximate surface area is 71.8 Å². The van der Waals surface area contributed by atoms with E-state index in [1.165, 1.54) is 12.2 Å². The van der Waals surface area contributed by atoms with Crippen molar-refractivity contribution in [3.05, 3.63) is 0 Å². The van der Waals surface area contributed by atoms with Crippen LogP contribution in [0.25, 0.3) is 0 Å². The summed E-state index contributed by atoms with van der Waals surface area (Å²) in [4.78, 5) is 2.57. The van der Waals surface area contributed by atoms with Gasteiger partial charge in [0.1, 0.15) is 0 Å². The van der Waals surface area contributed by atoms with Gasteiger partial charge in [-0.2, -0.15) is 0 Å². The van der Waals surface area contributed by atoms with E-state index < -0.39 is 8.07 Å². The van der Waals surface area contributed by atoms with Crippen LogP contribution in [0.4, 0.5) is 0 Å². The van der Waals surface area contributed by atoms with E-state index >= 15 is 0 Å². The lowest BCUT2D eigenvalue weighted by Crippen LogP contribution is -2.31. The predicted molar refractivity (Wildman–Crippen MR) is 53.5 cm³/mol. The molecule has 0 aromatic carbocycles. The lowest BCUT2D eigenvalue weighted by Gasteiger charge is -2.22. The van der Waals surface area contributed by atoms with Gasteiger partial charge in [0.25, 0.3) is 0 Å². The molecule has 66 valence electrons. The summed E-state index contributed by atoms with van der Waals surface area (Å²) in [6, 6.07) is 2.37. The van der Waals surface area contributed by atoms with Crippen molar-refractivity contribution >= 4 is 8.07 Å². The quantitative estimate of drug-likeness (QED) is 0.547. The maximum atomic E-state index is 2.57. The van der Waals surface area contributed by atoms with Crippen molar-refractivity contribution in [1.29, 1.82) is 0 Å². The fourth-order valence-electron chi connectivity index (χ4n) is 2.32. The number of hydrogen-bond donors (Lipinski definition) is 0. The molecule has 1 saturated heterocycles. The van der Waals surface area contributed by atoms with Gasteiger partial charge in [0.2, 0.25) is 0 Å². The predicted octanol–water partition coefficient (Wildman–Crippen LogP) is 2.20. The first-order chi connectivity index (χ1) is 4.92. The van der Waals surface area contributed by atoms with Crippen molar-refractivity contribution < 1.29 is 0 Å². The minimum Gasteiger partial charge on any atom is -0.306 e. The molecule has 1 fully saturated rings. The lowest BCUT2D eigenvalue weighted by molar-refractivity contribution is 0.259. The molecule has 1 nitrogen and oxygen atoms in total. The molecule has 11 heavy (non-hydrogen) atoms. The van der Waals surface area contributed by atoms with Gasteiger partial charge in [-0.3, -0.25) is 0 Å². The summed E-state index contributed by atoms with van der Waals surface area (Å²) in [5.74, 6) is 0.842. The Morgan fingerprint density at radius 2 is 1.91 bits per heavy atom. The van der Waals surface area contributed by atoms with E-state index in [0.717, 1.165) is 12.0 Å². The van der Waals surface area contributed by atoms with Gasteiger partial charge in [0, 0.05) is 6.04 Å². The zero-order valence-electron chi connectivity index (χ0n) is 8.52. The smallest absolute Gasteiger partial charge is 0.0645 e. The first kappa shape index (κ1) is 9.27. The van der Waals surface area contributed by atoms with Gasteiger partial charge in [0.15, 0.2) is 0 Å². The molecule has 0 aromatic rings. The van der Waals surface area contributed by atoms with E-state index in [2.05, 4.69) is 38.9 Å². The summed E-state index contributed by atoms with van der Waals surface area (Å²) in [6.07, 6.45) is 1.40. The van der Waals surface area contributed by atoms with Gasteiger partial charge < -0.3 is 4.90 Å². The van der Waals surface area contributed by atoms with Gasteiger partial charge in [-0.25, -0.2) is 0 Å². The van der Waals surface area contributed by atoms with Crippen LogP contribution in [0.5, 0.6) is 0 Å². The topological polar surface area (TPSA) is 3.24 Å². The molecule has 2 heteroatoms. The standard InChI is InChI=1S/C9H21NSi/c1-8(2)9-6-11(4,5)7-10(9)3/h8-9H,6-7H2,1-5H3/t9-/m0/s1. The summed E-state index contributed by atoms with van der Waals surface area (Å²) < 4.78 is 0. The van der Waals surface area contributed by atoms with Crippen LogP contribution < -0.4 is 0 Å². The molecule has 0 spiro atoms. The molecule has 0 saturated carbocycles. The van der Waals surface area contributed by atoms with Crippen molar-refractivity contribution in [2.45, 2.75) is 39.0 Å². The van der Waals surface area contributed by atoms with E-state index in [1.807, 2.05) is 0 Å². The fourth-order valence-corrected chi connectivity index (χ4v) is 5.95. The average molecular weight is 171 g/mol. The van der Waals surface area contributed by atoms with Crippen LogP contribution in [0.2, 0.25) is 19.1 Å². The van der Waals surface area contributed by atoms with Crippen LogP contribution >= 0.6 is 0 Å². The van der Waals surface area contributed by atoms with Crippen molar-refractivity contribution in [2.75, 3.05) is 13.2 Å². The van der Waals surface area contributed by atoms with Crippen LogP contribution in [0.15, 0.2) is 0 Å². The Balaban J connectivity index is 2.59. The first-order valence-electron chi connectivity index (χ1n) is 4.63. The molecule has 1 rings (SSSR count). The second-order valence-electron chi connectivity index (χ2n) is 5.09. The molecule has 1 aliphatic heterocycles. The number of rotatable bonds is 1. The van der Waals surface area contributed by atoms with Crippen LogP contribution in [0.1, 0.15) is 13.8 Å². The Hall–Kier alpha value is 0.177. The largest absolute Gasteiger partial charge is 0.306 e. The third-order valence-corrected chi connectivity index (χ3v) is 5.65. The summed E-state index contributed by atoms with van der Waals surface area (Å²) in [5.41, 5.74) is 0. The summed E-state index contributed by atoms with van der Waals surface area (Å²) in [7, 11) is 1.48. The van der Waals surface area contributed by atoms with Crippen LogP contribution in [0.3, 0.4) is 0 Å². The Bertz CT molecular complexity index is 142. The minimum atomic E-state index is -0.803. The van der Waals surface area contributed by atoms with Crippen LogP contribution in [0, 0.1) is 5.92 Å². The van der Waals surface area contributed by atoms with Gasteiger partial charge in [-0.15, -0.1) is 0 Å². The van der Waals surface area contributed by atoms with Crippen molar-refractivity contribution in [2.24, 2.45) is 5.92 Å². The van der Waals surface area contributed by atoms with Crippen LogP contribution in [-0.2, 0) is 0 Å². The molecule has 0 radical (unpaired) electrons. The lowest BCUT2D eigenvalue weighted by atomic mass is 10.1. The Kier molecular flexibility index (Phi) is 2.45. The highest BCUT2D eigenvalue weighted by atomic mass is 28.3. The van der Waals surface area contributed by atoms with Crippen molar-refractivity contribution in [3.8, 4) is 0 Å². The molecule has 0 aliphatic carbocycles. The highest BCUT2D eigenvalue weighted by Crippen LogP contribution is 2.29. The fraction of sp³-hybridized carbons (Fsp3) is 1.00. The summed E-state index contributed by atoms with van der Waals surface area (Å²) in [5, 5.41) is 0. The first-order valence-corrected chi connectivity index (χ1v) is 8.04. The number of nitrogens with zero attached hydrogens (tertiary/aromatic N) is 1. The van der Waals surface area contributed by atoms with Crippen LogP contribution in [-0.4, -0.2) is 32.2 Å². The van der Waals surface area contributed by atoms with E-state index in [4.69, 9.17) is 0 Å². The van der Waals surface area contributed by atoms with E-state index in [-0.39, 0.29) is 0 Å². The molecule has 0 amide bonds. The molecule has 0 unspecified atom stereocenters. The molecule has 0 aromatic heterocycles.